The molecule has 5 nitrogen and oxygen atoms in total. The van der Waals surface area contributed by atoms with Crippen LogP contribution in [-0.2, 0) is 9.53 Å². The maximum absolute atomic E-state index is 11.6. The Balaban J connectivity index is 2.05. The van der Waals surface area contributed by atoms with Crippen LogP contribution in [0.3, 0.4) is 0 Å². The molecule has 1 aliphatic heterocycles. The van der Waals surface area contributed by atoms with Crippen molar-refractivity contribution in [3.05, 3.63) is 0 Å². The van der Waals surface area contributed by atoms with E-state index in [0.29, 0.717) is 25.0 Å². The second-order valence-electron chi connectivity index (χ2n) is 5.69. The zero-order chi connectivity index (χ0) is 13.9. The smallest absolute Gasteiger partial charge is 0.323 e. The van der Waals surface area contributed by atoms with Crippen LogP contribution in [0.5, 0.6) is 0 Å². The number of aliphatic carboxylic acids is 1. The molecular formula is C14H26N2O3. The van der Waals surface area contributed by atoms with Gasteiger partial charge in [-0.05, 0) is 32.2 Å². The summed E-state index contributed by atoms with van der Waals surface area (Å²) in [5, 5.41) is 12.7. The van der Waals surface area contributed by atoms with Crippen LogP contribution in [0, 0.1) is 0 Å². The van der Waals surface area contributed by atoms with Gasteiger partial charge in [-0.2, -0.15) is 0 Å². The van der Waals surface area contributed by atoms with Crippen LogP contribution in [0.2, 0.25) is 0 Å². The molecule has 1 saturated heterocycles. The van der Waals surface area contributed by atoms with Crippen molar-refractivity contribution in [2.24, 2.45) is 0 Å². The van der Waals surface area contributed by atoms with Gasteiger partial charge in [-0.3, -0.25) is 9.69 Å². The van der Waals surface area contributed by atoms with Crippen molar-refractivity contribution >= 4 is 5.97 Å². The summed E-state index contributed by atoms with van der Waals surface area (Å²) in [5.74, 6) is -0.696. The van der Waals surface area contributed by atoms with Crippen LogP contribution in [0.1, 0.15) is 39.5 Å². The third-order valence-corrected chi connectivity index (χ3v) is 4.63. The van der Waals surface area contributed by atoms with Crippen LogP contribution < -0.4 is 5.32 Å². The molecule has 2 N–H and O–H groups in total. The Labute approximate surface area is 115 Å². The van der Waals surface area contributed by atoms with Gasteiger partial charge in [0.2, 0.25) is 0 Å². The van der Waals surface area contributed by atoms with Crippen LogP contribution >= 0.6 is 0 Å². The number of hydrogen-bond acceptors (Lipinski definition) is 4. The average Bonchev–Trinajstić information content (AvgIpc) is 2.84. The fourth-order valence-corrected chi connectivity index (χ4v) is 3.57. The molecule has 0 amide bonds. The third kappa shape index (κ3) is 2.93. The Morgan fingerprint density at radius 2 is 2.32 bits per heavy atom. The monoisotopic (exact) mass is 270 g/mol. The molecule has 0 aromatic rings. The number of nitrogens with one attached hydrogen (secondary N) is 1. The summed E-state index contributed by atoms with van der Waals surface area (Å²) >= 11 is 0. The predicted octanol–water partition coefficient (Wildman–Crippen LogP) is 1.08. The Kier molecular flexibility index (Phi) is 4.81. The van der Waals surface area contributed by atoms with E-state index in [1.807, 2.05) is 6.92 Å². The second kappa shape index (κ2) is 6.20. The fraction of sp³-hybridized carbons (Fsp3) is 0.929. The molecule has 0 bridgehead atoms. The van der Waals surface area contributed by atoms with Gasteiger partial charge in [0, 0.05) is 18.6 Å². The first-order valence-corrected chi connectivity index (χ1v) is 7.45. The van der Waals surface area contributed by atoms with Gasteiger partial charge in [-0.1, -0.05) is 13.8 Å². The molecular weight excluding hydrogens is 244 g/mol. The normalized spacial score (nSPS) is 36.5. The number of carbonyl (C=O) groups is 1. The third-order valence-electron chi connectivity index (χ3n) is 4.63. The van der Waals surface area contributed by atoms with E-state index >= 15 is 0 Å². The molecule has 3 atom stereocenters. The molecule has 2 aliphatic rings. The highest BCUT2D eigenvalue weighted by molar-refractivity contribution is 5.79. The predicted molar refractivity (Wildman–Crippen MR) is 73.3 cm³/mol. The van der Waals surface area contributed by atoms with E-state index in [1.165, 1.54) is 0 Å². The number of carboxylic acid groups (broad SMARTS) is 1. The Morgan fingerprint density at radius 1 is 1.53 bits per heavy atom. The molecule has 0 radical (unpaired) electrons. The SMILES string of the molecule is CCNC1(C(=O)O)CCC(N2CCOCC2CC)C1. The number of likely N-dealkylation sites (N-methyl/N-ethyl adjacent to an activating group) is 1. The van der Waals surface area contributed by atoms with Gasteiger partial charge < -0.3 is 15.2 Å². The lowest BCUT2D eigenvalue weighted by atomic mass is 9.96. The summed E-state index contributed by atoms with van der Waals surface area (Å²) in [4.78, 5) is 14.1. The van der Waals surface area contributed by atoms with E-state index in [1.54, 1.807) is 0 Å². The molecule has 2 rings (SSSR count). The Hall–Kier alpha value is -0.650. The molecule has 5 heteroatoms. The lowest BCUT2D eigenvalue weighted by Crippen LogP contribution is -2.54. The lowest BCUT2D eigenvalue weighted by molar-refractivity contribution is -0.145. The first-order chi connectivity index (χ1) is 9.13. The van der Waals surface area contributed by atoms with E-state index in [2.05, 4.69) is 17.1 Å². The molecule has 110 valence electrons. The molecule has 1 aliphatic carbocycles. The zero-order valence-corrected chi connectivity index (χ0v) is 12.0. The maximum Gasteiger partial charge on any atom is 0.323 e. The van der Waals surface area contributed by atoms with Crippen LogP contribution in [-0.4, -0.2) is 59.9 Å². The molecule has 3 unspecified atom stereocenters. The average molecular weight is 270 g/mol. The van der Waals surface area contributed by atoms with Crippen LogP contribution in [0.25, 0.3) is 0 Å². The number of rotatable bonds is 5. The molecule has 0 spiro atoms. The summed E-state index contributed by atoms with van der Waals surface area (Å²) in [7, 11) is 0. The molecule has 19 heavy (non-hydrogen) atoms. The van der Waals surface area contributed by atoms with Crippen molar-refractivity contribution in [3.63, 3.8) is 0 Å². The highest BCUT2D eigenvalue weighted by atomic mass is 16.5. The fourth-order valence-electron chi connectivity index (χ4n) is 3.57. The van der Waals surface area contributed by atoms with Crippen LogP contribution in [0.4, 0.5) is 0 Å². The Bertz CT molecular complexity index is 324. The first kappa shape index (κ1) is 14.8. The molecule has 1 saturated carbocycles. The van der Waals surface area contributed by atoms with Gasteiger partial charge in [0.1, 0.15) is 5.54 Å². The first-order valence-electron chi connectivity index (χ1n) is 7.45. The number of carboxylic acids is 1. The number of ether oxygens (including phenoxy) is 1. The molecule has 1 heterocycles. The standard InChI is InChI=1S/C14H26N2O3/c1-3-11-10-19-8-7-16(11)12-5-6-14(9-12,13(17)18)15-4-2/h11-12,15H,3-10H2,1-2H3,(H,17,18). The summed E-state index contributed by atoms with van der Waals surface area (Å²) in [6, 6.07) is 0.828. The van der Waals surface area contributed by atoms with Gasteiger partial charge >= 0.3 is 5.97 Å². The van der Waals surface area contributed by atoms with Crippen molar-refractivity contribution in [2.45, 2.75) is 57.2 Å². The molecule has 2 fully saturated rings. The van der Waals surface area contributed by atoms with E-state index in [4.69, 9.17) is 4.74 Å². The van der Waals surface area contributed by atoms with Crippen LogP contribution in [0.15, 0.2) is 0 Å². The zero-order valence-electron chi connectivity index (χ0n) is 12.0. The second-order valence-corrected chi connectivity index (χ2v) is 5.69. The quantitative estimate of drug-likeness (QED) is 0.783. The topological polar surface area (TPSA) is 61.8 Å². The van der Waals surface area contributed by atoms with Gasteiger partial charge in [0.15, 0.2) is 0 Å². The lowest BCUT2D eigenvalue weighted by Gasteiger charge is -2.40. The van der Waals surface area contributed by atoms with E-state index in [0.717, 1.165) is 39.0 Å². The van der Waals surface area contributed by atoms with Crippen molar-refractivity contribution in [2.75, 3.05) is 26.3 Å². The molecule has 0 aromatic carbocycles. The molecule has 0 aromatic heterocycles. The Morgan fingerprint density at radius 3 is 2.95 bits per heavy atom. The number of morpholine rings is 1. The van der Waals surface area contributed by atoms with Gasteiger partial charge in [-0.15, -0.1) is 0 Å². The minimum absolute atomic E-state index is 0.379. The highest BCUT2D eigenvalue weighted by Crippen LogP contribution is 2.35. The summed E-state index contributed by atoms with van der Waals surface area (Å²) < 4.78 is 5.54. The van der Waals surface area contributed by atoms with Crippen molar-refractivity contribution in [1.29, 1.82) is 0 Å². The number of nitrogens with zero attached hydrogens (tertiary/aromatic N) is 1. The maximum atomic E-state index is 11.6. The number of hydrogen-bond donors (Lipinski definition) is 2. The van der Waals surface area contributed by atoms with Gasteiger partial charge in [-0.25, -0.2) is 0 Å². The minimum atomic E-state index is -0.712. The summed E-state index contributed by atoms with van der Waals surface area (Å²) in [6.07, 6.45) is 3.48. The van der Waals surface area contributed by atoms with Crippen molar-refractivity contribution in [3.8, 4) is 0 Å². The van der Waals surface area contributed by atoms with Gasteiger partial charge in [0.25, 0.3) is 0 Å². The van der Waals surface area contributed by atoms with E-state index in [-0.39, 0.29) is 0 Å². The van der Waals surface area contributed by atoms with Crippen molar-refractivity contribution in [1.82, 2.24) is 10.2 Å². The largest absolute Gasteiger partial charge is 0.480 e. The van der Waals surface area contributed by atoms with Crippen molar-refractivity contribution < 1.29 is 14.6 Å². The summed E-state index contributed by atoms with van der Waals surface area (Å²) in [5.41, 5.74) is -0.712. The minimum Gasteiger partial charge on any atom is -0.480 e. The van der Waals surface area contributed by atoms with E-state index in [9.17, 15) is 9.90 Å². The van der Waals surface area contributed by atoms with E-state index < -0.39 is 11.5 Å². The summed E-state index contributed by atoms with van der Waals surface area (Å²) in [6.45, 7) is 7.35. The highest BCUT2D eigenvalue weighted by Gasteiger charge is 2.47. The van der Waals surface area contributed by atoms with Gasteiger partial charge in [0.05, 0.1) is 13.2 Å².